The summed E-state index contributed by atoms with van der Waals surface area (Å²) in [5, 5.41) is 0. The Morgan fingerprint density at radius 2 is 1.73 bits per heavy atom. The van der Waals surface area contributed by atoms with Crippen LogP contribution in [0.3, 0.4) is 0 Å². The van der Waals surface area contributed by atoms with Crippen LogP contribution >= 0.6 is 0 Å². The van der Waals surface area contributed by atoms with Gasteiger partial charge in [-0.15, -0.1) is 0 Å². The summed E-state index contributed by atoms with van der Waals surface area (Å²) in [7, 11) is 0. The Hall–Kier alpha value is -3.04. The maximum atomic E-state index is 12.6. The first kappa shape index (κ1) is 19.0. The average molecular weight is 409 g/mol. The first-order chi connectivity index (χ1) is 14.7. The molecule has 0 spiro atoms. The van der Waals surface area contributed by atoms with Gasteiger partial charge in [-0.2, -0.15) is 0 Å². The number of H-pyrrole nitrogens is 1. The van der Waals surface area contributed by atoms with Crippen molar-refractivity contribution >= 4 is 17.2 Å². The van der Waals surface area contributed by atoms with Crippen molar-refractivity contribution in [3.63, 3.8) is 0 Å². The number of nitrogens with zero attached hydrogens (tertiary/aromatic N) is 4. The number of ether oxygens (including phenoxy) is 2. The molecule has 0 bridgehead atoms. The van der Waals surface area contributed by atoms with E-state index in [1.165, 1.54) is 0 Å². The first-order valence-electron chi connectivity index (χ1n) is 10.2. The summed E-state index contributed by atoms with van der Waals surface area (Å²) in [6, 6.07) is 7.40. The van der Waals surface area contributed by atoms with Crippen molar-refractivity contribution in [2.45, 2.75) is 18.9 Å². The third kappa shape index (κ3) is 3.50. The van der Waals surface area contributed by atoms with Crippen LogP contribution in [-0.2, 0) is 9.47 Å². The number of benzene rings is 1. The highest BCUT2D eigenvalue weighted by Crippen LogP contribution is 2.24. The number of carbonyl (C=O) groups excluding carboxylic acids is 1. The van der Waals surface area contributed by atoms with Crippen LogP contribution in [0, 0.1) is 0 Å². The molecular weight excluding hydrogens is 386 g/mol. The Balaban J connectivity index is 1.44. The number of rotatable bonds is 3. The maximum Gasteiger partial charge on any atom is 0.329 e. The van der Waals surface area contributed by atoms with E-state index in [1.54, 1.807) is 15.7 Å². The highest BCUT2D eigenvalue weighted by molar-refractivity contribution is 5.94. The van der Waals surface area contributed by atoms with Gasteiger partial charge in [0.25, 0.3) is 5.91 Å². The number of hydrogen-bond acceptors (Lipinski definition) is 6. The maximum absolute atomic E-state index is 12.6. The van der Waals surface area contributed by atoms with E-state index in [1.807, 2.05) is 24.3 Å². The first-order valence-corrected chi connectivity index (χ1v) is 10.2. The number of hydrogen-bond donors (Lipinski definition) is 1. The topological polar surface area (TPSA) is 102 Å². The largest absolute Gasteiger partial charge is 0.381 e. The number of fused-ring (bicyclic) bond motifs is 1. The van der Waals surface area contributed by atoms with Gasteiger partial charge in [-0.25, -0.2) is 14.8 Å². The predicted molar refractivity (Wildman–Crippen MR) is 109 cm³/mol. The van der Waals surface area contributed by atoms with Gasteiger partial charge in [0.2, 0.25) is 0 Å². The van der Waals surface area contributed by atoms with E-state index >= 15 is 0 Å². The Morgan fingerprint density at radius 3 is 2.47 bits per heavy atom. The predicted octanol–water partition coefficient (Wildman–Crippen LogP) is 1.61. The van der Waals surface area contributed by atoms with Gasteiger partial charge in [0.1, 0.15) is 0 Å². The molecular formula is C21H23N5O4. The quantitative estimate of drug-likeness (QED) is 0.705. The van der Waals surface area contributed by atoms with Gasteiger partial charge >= 0.3 is 5.69 Å². The van der Waals surface area contributed by atoms with Gasteiger partial charge < -0.3 is 14.4 Å². The number of morpholine rings is 1. The lowest BCUT2D eigenvalue weighted by Gasteiger charge is -2.26. The Morgan fingerprint density at radius 1 is 1.03 bits per heavy atom. The summed E-state index contributed by atoms with van der Waals surface area (Å²) >= 11 is 0. The minimum absolute atomic E-state index is 0.00498. The van der Waals surface area contributed by atoms with Crippen LogP contribution in [0.15, 0.2) is 35.3 Å². The number of imidazole rings is 1. The smallest absolute Gasteiger partial charge is 0.329 e. The van der Waals surface area contributed by atoms with Crippen molar-refractivity contribution in [2.24, 2.45) is 0 Å². The van der Waals surface area contributed by atoms with Crippen LogP contribution in [0.4, 0.5) is 0 Å². The molecule has 3 aromatic rings. The fourth-order valence-electron chi connectivity index (χ4n) is 4.05. The second-order valence-electron chi connectivity index (χ2n) is 7.55. The van der Waals surface area contributed by atoms with Crippen molar-refractivity contribution in [3.8, 4) is 11.3 Å². The standard InChI is InChI=1S/C21H23N5O4/c27-20(25-7-11-30-12-8-25)15-3-1-14(2-4-15)17-13-22-18-19(23-17)26(21(28)24-18)16-5-9-29-10-6-16/h1-4,13,16H,5-12H2,(H,22,24,28). The molecule has 2 fully saturated rings. The summed E-state index contributed by atoms with van der Waals surface area (Å²) in [6.07, 6.45) is 3.19. The van der Waals surface area contributed by atoms with E-state index in [0.29, 0.717) is 62.1 Å². The van der Waals surface area contributed by atoms with Crippen molar-refractivity contribution in [1.82, 2.24) is 24.4 Å². The molecule has 2 aliphatic rings. The number of nitrogens with one attached hydrogen (secondary N) is 1. The second-order valence-corrected chi connectivity index (χ2v) is 7.55. The molecule has 0 radical (unpaired) electrons. The van der Waals surface area contributed by atoms with Crippen molar-refractivity contribution in [2.75, 3.05) is 39.5 Å². The fraction of sp³-hybridized carbons (Fsp3) is 0.429. The van der Waals surface area contributed by atoms with Crippen molar-refractivity contribution in [3.05, 3.63) is 46.5 Å². The van der Waals surface area contributed by atoms with Crippen LogP contribution in [0.25, 0.3) is 22.6 Å². The van der Waals surface area contributed by atoms with Gasteiger partial charge in [0.15, 0.2) is 11.3 Å². The fourth-order valence-corrected chi connectivity index (χ4v) is 4.05. The minimum Gasteiger partial charge on any atom is -0.381 e. The minimum atomic E-state index is -0.194. The van der Waals surface area contributed by atoms with Crippen LogP contribution in [-0.4, -0.2) is 69.8 Å². The molecule has 0 unspecified atom stereocenters. The molecule has 2 aliphatic heterocycles. The second kappa shape index (κ2) is 8.00. The summed E-state index contributed by atoms with van der Waals surface area (Å²) in [4.78, 5) is 38.9. The van der Waals surface area contributed by atoms with E-state index in [4.69, 9.17) is 14.5 Å². The number of carbonyl (C=O) groups is 1. The molecule has 1 amide bonds. The molecule has 0 atom stereocenters. The van der Waals surface area contributed by atoms with Gasteiger partial charge in [0, 0.05) is 43.5 Å². The molecule has 156 valence electrons. The molecule has 30 heavy (non-hydrogen) atoms. The number of aromatic nitrogens is 4. The summed E-state index contributed by atoms with van der Waals surface area (Å²) in [5.41, 5.74) is 2.98. The Bertz CT molecular complexity index is 1110. The monoisotopic (exact) mass is 409 g/mol. The van der Waals surface area contributed by atoms with E-state index in [9.17, 15) is 9.59 Å². The van der Waals surface area contributed by atoms with E-state index < -0.39 is 0 Å². The van der Waals surface area contributed by atoms with Gasteiger partial charge in [0.05, 0.1) is 25.1 Å². The Labute approximate surface area is 172 Å². The third-order valence-corrected chi connectivity index (χ3v) is 5.71. The third-order valence-electron chi connectivity index (χ3n) is 5.71. The highest BCUT2D eigenvalue weighted by Gasteiger charge is 2.22. The average Bonchev–Trinajstić information content (AvgIpc) is 3.14. The van der Waals surface area contributed by atoms with Crippen molar-refractivity contribution < 1.29 is 14.3 Å². The molecule has 1 N–H and O–H groups in total. The molecule has 9 heteroatoms. The summed E-state index contributed by atoms with van der Waals surface area (Å²) in [6.45, 7) is 3.64. The van der Waals surface area contributed by atoms with E-state index in [-0.39, 0.29) is 17.6 Å². The van der Waals surface area contributed by atoms with Gasteiger partial charge in [-0.1, -0.05) is 12.1 Å². The lowest BCUT2D eigenvalue weighted by Crippen LogP contribution is -2.40. The normalized spacial score (nSPS) is 18.1. The van der Waals surface area contributed by atoms with Crippen LogP contribution in [0.1, 0.15) is 29.2 Å². The summed E-state index contributed by atoms with van der Waals surface area (Å²) in [5.74, 6) is 0.00498. The lowest BCUT2D eigenvalue weighted by molar-refractivity contribution is 0.0303. The van der Waals surface area contributed by atoms with Crippen LogP contribution < -0.4 is 5.69 Å². The molecule has 5 rings (SSSR count). The Kier molecular flexibility index (Phi) is 5.06. The summed E-state index contributed by atoms with van der Waals surface area (Å²) < 4.78 is 12.4. The zero-order valence-electron chi connectivity index (χ0n) is 16.5. The van der Waals surface area contributed by atoms with Gasteiger partial charge in [-0.3, -0.25) is 14.3 Å². The van der Waals surface area contributed by atoms with Crippen LogP contribution in [0.5, 0.6) is 0 Å². The van der Waals surface area contributed by atoms with E-state index in [0.717, 1.165) is 18.4 Å². The molecule has 4 heterocycles. The molecule has 2 aromatic heterocycles. The molecule has 0 saturated carbocycles. The SMILES string of the molecule is O=C(c1ccc(-c2cnc3[nH]c(=O)n(C4CCOCC4)c3n2)cc1)N1CCOCC1. The van der Waals surface area contributed by atoms with Gasteiger partial charge in [-0.05, 0) is 25.0 Å². The zero-order valence-corrected chi connectivity index (χ0v) is 16.5. The van der Waals surface area contributed by atoms with Crippen molar-refractivity contribution in [1.29, 1.82) is 0 Å². The highest BCUT2D eigenvalue weighted by atomic mass is 16.5. The lowest BCUT2D eigenvalue weighted by atomic mass is 10.1. The van der Waals surface area contributed by atoms with E-state index in [2.05, 4.69) is 9.97 Å². The van der Waals surface area contributed by atoms with Crippen LogP contribution in [0.2, 0.25) is 0 Å². The number of aromatic amines is 1. The molecule has 0 aliphatic carbocycles. The zero-order chi connectivity index (χ0) is 20.5. The molecule has 9 nitrogen and oxygen atoms in total. The molecule has 1 aromatic carbocycles. The number of amides is 1. The molecule has 2 saturated heterocycles.